The number of anilines is 1. The summed E-state index contributed by atoms with van der Waals surface area (Å²) >= 11 is 0. The van der Waals surface area contributed by atoms with E-state index in [0.29, 0.717) is 24.9 Å². The molecule has 7 rings (SSSR count). The zero-order valence-corrected chi connectivity index (χ0v) is 18.1. The first-order chi connectivity index (χ1) is 14.3. The molecule has 4 saturated heterocycles. The summed E-state index contributed by atoms with van der Waals surface area (Å²) in [4.78, 5) is 21.7. The number of amides is 1. The summed E-state index contributed by atoms with van der Waals surface area (Å²) in [5.41, 5.74) is 2.06. The number of hydrogen-bond acceptors (Lipinski definition) is 6. The Balaban J connectivity index is 1.37. The number of hydrogen-bond donors (Lipinski definition) is 0. The van der Waals surface area contributed by atoms with Gasteiger partial charge >= 0.3 is 6.09 Å². The zero-order valence-electron chi connectivity index (χ0n) is 18.1. The van der Waals surface area contributed by atoms with Crippen molar-refractivity contribution in [3.63, 3.8) is 0 Å². The highest BCUT2D eigenvalue weighted by Crippen LogP contribution is 2.57. The minimum Gasteiger partial charge on any atom is -0.441 e. The third-order valence-corrected chi connectivity index (χ3v) is 7.30. The van der Waals surface area contributed by atoms with Crippen LogP contribution in [-0.4, -0.2) is 63.5 Å². The van der Waals surface area contributed by atoms with Crippen LogP contribution < -0.4 is 4.90 Å². The van der Waals surface area contributed by atoms with Gasteiger partial charge in [0.25, 0.3) is 0 Å². The van der Waals surface area contributed by atoms with E-state index in [1.54, 1.807) is 0 Å². The van der Waals surface area contributed by atoms with Gasteiger partial charge in [-0.05, 0) is 51.2 Å². The summed E-state index contributed by atoms with van der Waals surface area (Å²) in [6.45, 7) is 11.7. The van der Waals surface area contributed by atoms with Crippen LogP contribution in [0, 0.1) is 18.8 Å². The molecule has 1 saturated carbocycles. The van der Waals surface area contributed by atoms with Gasteiger partial charge in [0.1, 0.15) is 5.60 Å². The molecule has 4 aliphatic heterocycles. The molecule has 4 atom stereocenters. The molecular formula is C22H29N5O3. The number of aryl methyl sites for hydroxylation is 1. The molecule has 2 aromatic rings. The van der Waals surface area contributed by atoms with Crippen molar-refractivity contribution in [3.8, 4) is 0 Å². The fraction of sp³-hybridized carbons (Fsp3) is 0.682. The van der Waals surface area contributed by atoms with Gasteiger partial charge in [0.15, 0.2) is 17.1 Å². The molecule has 2 bridgehead atoms. The number of fused-ring (bicyclic) bond motifs is 2. The Morgan fingerprint density at radius 1 is 1.30 bits per heavy atom. The molecule has 6 heterocycles. The summed E-state index contributed by atoms with van der Waals surface area (Å²) < 4.78 is 13.7. The van der Waals surface area contributed by atoms with E-state index in [1.165, 1.54) is 12.1 Å². The minimum absolute atomic E-state index is 0.0524. The van der Waals surface area contributed by atoms with Crippen molar-refractivity contribution in [2.45, 2.75) is 57.8 Å². The second kappa shape index (κ2) is 5.87. The van der Waals surface area contributed by atoms with Gasteiger partial charge in [0.05, 0.1) is 31.1 Å². The van der Waals surface area contributed by atoms with Crippen LogP contribution in [0.4, 0.5) is 10.5 Å². The van der Waals surface area contributed by atoms with Gasteiger partial charge in [-0.25, -0.2) is 14.3 Å². The number of pyridine rings is 1. The second-order valence-electron chi connectivity index (χ2n) is 10.3. The highest BCUT2D eigenvalue weighted by Gasteiger charge is 2.68. The molecule has 1 aliphatic carbocycles. The average Bonchev–Trinajstić information content (AvgIpc) is 3.43. The molecule has 2 aromatic heterocycles. The van der Waals surface area contributed by atoms with Crippen molar-refractivity contribution in [1.82, 2.24) is 19.5 Å². The molecule has 1 amide bonds. The highest BCUT2D eigenvalue weighted by molar-refractivity contribution is 5.72. The van der Waals surface area contributed by atoms with E-state index in [4.69, 9.17) is 19.6 Å². The summed E-state index contributed by atoms with van der Waals surface area (Å²) in [6, 6.07) is 2.16. The summed E-state index contributed by atoms with van der Waals surface area (Å²) in [5, 5.41) is 4.87. The van der Waals surface area contributed by atoms with E-state index in [-0.39, 0.29) is 12.1 Å². The monoisotopic (exact) mass is 411 g/mol. The van der Waals surface area contributed by atoms with Gasteiger partial charge in [-0.15, -0.1) is 5.10 Å². The molecule has 4 unspecified atom stereocenters. The Morgan fingerprint density at radius 3 is 2.80 bits per heavy atom. The van der Waals surface area contributed by atoms with Crippen LogP contribution in [0.5, 0.6) is 0 Å². The van der Waals surface area contributed by atoms with E-state index in [9.17, 15) is 4.79 Å². The molecular weight excluding hydrogens is 382 g/mol. The lowest BCUT2D eigenvalue weighted by molar-refractivity contribution is -0.0742. The van der Waals surface area contributed by atoms with Gasteiger partial charge in [-0.2, -0.15) is 0 Å². The Kier molecular flexibility index (Phi) is 3.60. The van der Waals surface area contributed by atoms with E-state index >= 15 is 0 Å². The van der Waals surface area contributed by atoms with Gasteiger partial charge in [-0.1, -0.05) is 6.92 Å². The number of aromatic nitrogens is 3. The van der Waals surface area contributed by atoms with Gasteiger partial charge in [0.2, 0.25) is 0 Å². The van der Waals surface area contributed by atoms with Crippen molar-refractivity contribution in [1.29, 1.82) is 0 Å². The number of nitrogens with zero attached hydrogens (tertiary/aromatic N) is 5. The first-order valence-electron chi connectivity index (χ1n) is 11.0. The standard InChI is InChI=1S/C22H29N5O3/c1-13-5-6-25(9-13)16-7-14(2)18-23-19(24-27(18)10-16)22-8-15(11-29-22)17(22)26-12-21(3,4)30-20(26)28/h7,10,13,15,17H,5-6,8-9,11-12H2,1-4H3. The van der Waals surface area contributed by atoms with Crippen molar-refractivity contribution in [2.75, 3.05) is 31.1 Å². The van der Waals surface area contributed by atoms with E-state index in [1.807, 2.05) is 23.3 Å². The highest BCUT2D eigenvalue weighted by atomic mass is 16.6. The lowest BCUT2D eigenvalue weighted by atomic mass is 9.68. The van der Waals surface area contributed by atoms with E-state index in [0.717, 1.165) is 36.6 Å². The number of rotatable bonds is 3. The third-order valence-electron chi connectivity index (χ3n) is 7.30. The maximum Gasteiger partial charge on any atom is 0.410 e. The van der Waals surface area contributed by atoms with Gasteiger partial charge in [0, 0.05) is 19.0 Å². The van der Waals surface area contributed by atoms with Crippen LogP contribution >= 0.6 is 0 Å². The molecule has 5 aliphatic rings. The van der Waals surface area contributed by atoms with Crippen LogP contribution in [-0.2, 0) is 15.1 Å². The number of ether oxygens (including phenoxy) is 2. The first-order valence-corrected chi connectivity index (χ1v) is 11.0. The molecule has 30 heavy (non-hydrogen) atoms. The van der Waals surface area contributed by atoms with Crippen LogP contribution in [0.25, 0.3) is 5.65 Å². The van der Waals surface area contributed by atoms with Crippen LogP contribution in [0.1, 0.15) is 45.0 Å². The third kappa shape index (κ3) is 2.46. The maximum atomic E-state index is 12.6. The summed E-state index contributed by atoms with van der Waals surface area (Å²) in [6.07, 6.45) is 3.91. The zero-order chi connectivity index (χ0) is 20.8. The Hall–Kier alpha value is -2.35. The van der Waals surface area contributed by atoms with E-state index in [2.05, 4.69) is 31.0 Å². The second-order valence-corrected chi connectivity index (χ2v) is 10.3. The van der Waals surface area contributed by atoms with Crippen LogP contribution in [0.3, 0.4) is 0 Å². The summed E-state index contributed by atoms with van der Waals surface area (Å²) in [5.74, 6) is 1.73. The largest absolute Gasteiger partial charge is 0.441 e. The Morgan fingerprint density at radius 2 is 2.13 bits per heavy atom. The lowest BCUT2D eigenvalue weighted by Gasteiger charge is -2.46. The first kappa shape index (κ1) is 18.4. The smallest absolute Gasteiger partial charge is 0.410 e. The number of carbonyl (C=O) groups excluding carboxylic acids is 1. The number of cyclic esters (lactones) is 1. The topological polar surface area (TPSA) is 72.2 Å². The SMILES string of the molecule is Cc1cc(N2CCC(C)C2)cn2nc(C34CC(CO3)C4N3CC(C)(C)OC3=O)nc12. The fourth-order valence-corrected chi connectivity index (χ4v) is 5.85. The molecule has 5 fully saturated rings. The predicted octanol–water partition coefficient (Wildman–Crippen LogP) is 2.73. The predicted molar refractivity (Wildman–Crippen MR) is 111 cm³/mol. The molecule has 8 nitrogen and oxygen atoms in total. The van der Waals surface area contributed by atoms with Gasteiger partial charge < -0.3 is 14.4 Å². The molecule has 160 valence electrons. The maximum absolute atomic E-state index is 12.6. The van der Waals surface area contributed by atoms with Gasteiger partial charge in [-0.3, -0.25) is 4.90 Å². The quantitative estimate of drug-likeness (QED) is 0.773. The minimum atomic E-state index is -0.620. The average molecular weight is 412 g/mol. The molecule has 0 aromatic carbocycles. The molecule has 0 N–H and O–H groups in total. The molecule has 8 heteroatoms. The number of carbonyl (C=O) groups is 1. The molecule has 0 spiro atoms. The molecule has 0 radical (unpaired) electrons. The summed E-state index contributed by atoms with van der Waals surface area (Å²) in [7, 11) is 0. The van der Waals surface area contributed by atoms with Crippen molar-refractivity contribution in [3.05, 3.63) is 23.7 Å². The van der Waals surface area contributed by atoms with Crippen molar-refractivity contribution in [2.24, 2.45) is 11.8 Å². The normalized spacial score (nSPS) is 34.7. The van der Waals surface area contributed by atoms with Crippen LogP contribution in [0.15, 0.2) is 12.3 Å². The fourth-order valence-electron chi connectivity index (χ4n) is 5.85. The lowest BCUT2D eigenvalue weighted by Crippen LogP contribution is -2.60. The van der Waals surface area contributed by atoms with Crippen molar-refractivity contribution < 1.29 is 14.3 Å². The van der Waals surface area contributed by atoms with Crippen molar-refractivity contribution >= 4 is 17.4 Å². The Labute approximate surface area is 176 Å². The van der Waals surface area contributed by atoms with Crippen LogP contribution in [0.2, 0.25) is 0 Å². The Bertz CT molecular complexity index is 1040. The van der Waals surface area contributed by atoms with E-state index < -0.39 is 11.2 Å².